The fraction of sp³-hybridized carbons (Fsp3) is 0.167. The number of aromatic nitrogens is 1. The van der Waals surface area contributed by atoms with Crippen LogP contribution in [0.5, 0.6) is 0 Å². The zero-order chi connectivity index (χ0) is 20.6. The maximum atomic E-state index is 13.1. The molecule has 8 nitrogen and oxygen atoms in total. The number of halogens is 1. The lowest BCUT2D eigenvalue weighted by atomic mass is 10.0. The van der Waals surface area contributed by atoms with Crippen molar-refractivity contribution < 1.29 is 14.7 Å². The van der Waals surface area contributed by atoms with E-state index < -0.39 is 11.6 Å². The van der Waals surface area contributed by atoms with Crippen molar-refractivity contribution in [1.82, 2.24) is 4.98 Å². The number of rotatable bonds is 3. The lowest BCUT2D eigenvalue weighted by molar-refractivity contribution is -0.120. The normalized spacial score (nSPS) is 15.5. The second kappa shape index (κ2) is 7.07. The molecular weight excluding hydrogens is 402 g/mol. The number of thiocarbonyl (C=S) groups is 1. The topological polar surface area (TPSA) is 110 Å². The first-order valence-electron chi connectivity index (χ1n) is 8.01. The fourth-order valence-electron chi connectivity index (χ4n) is 2.89. The van der Waals surface area contributed by atoms with Gasteiger partial charge in [-0.3, -0.25) is 15.0 Å². The van der Waals surface area contributed by atoms with E-state index in [1.54, 1.807) is 30.9 Å². The summed E-state index contributed by atoms with van der Waals surface area (Å²) in [5.41, 5.74) is 0.263. The molecule has 3 rings (SSSR count). The first kappa shape index (κ1) is 19.5. The lowest BCUT2D eigenvalue weighted by Gasteiger charge is -2.29. The van der Waals surface area contributed by atoms with Crippen LogP contribution in [-0.2, 0) is 4.79 Å². The molecule has 10 heteroatoms. The zero-order valence-electron chi connectivity index (χ0n) is 14.8. The number of carboxylic acid groups (broad SMARTS) is 1. The highest BCUT2D eigenvalue weighted by molar-refractivity contribution is 7.81. The van der Waals surface area contributed by atoms with Crippen LogP contribution in [0.25, 0.3) is 0 Å². The van der Waals surface area contributed by atoms with Crippen LogP contribution in [0.3, 0.4) is 0 Å². The van der Waals surface area contributed by atoms with Gasteiger partial charge in [-0.2, -0.15) is 5.26 Å². The second-order valence-corrected chi connectivity index (χ2v) is 7.20. The van der Waals surface area contributed by atoms with Gasteiger partial charge < -0.3 is 10.0 Å². The second-order valence-electron chi connectivity index (χ2n) is 6.43. The van der Waals surface area contributed by atoms with Crippen LogP contribution in [0.1, 0.15) is 19.4 Å². The quantitative estimate of drug-likeness (QED) is 0.736. The van der Waals surface area contributed by atoms with Crippen molar-refractivity contribution in [3.8, 4) is 6.07 Å². The van der Waals surface area contributed by atoms with Crippen molar-refractivity contribution in [3.05, 3.63) is 47.1 Å². The Kier molecular flexibility index (Phi) is 4.93. The molecule has 0 aliphatic carbocycles. The molecule has 1 saturated heterocycles. The van der Waals surface area contributed by atoms with E-state index in [1.807, 2.05) is 6.07 Å². The Labute approximate surface area is 170 Å². The average Bonchev–Trinajstić information content (AvgIpc) is 2.80. The molecule has 1 aliphatic heterocycles. The Morgan fingerprint density at radius 3 is 2.54 bits per heavy atom. The summed E-state index contributed by atoms with van der Waals surface area (Å²) in [6, 6.07) is 9.71. The first-order valence-corrected chi connectivity index (χ1v) is 8.80. The molecule has 0 unspecified atom stereocenters. The number of nitrogens with one attached hydrogen (secondary N) is 1. The summed E-state index contributed by atoms with van der Waals surface area (Å²) in [6.45, 7) is 3.44. The standard InChI is InChI=1S/C18H14ClN5O3S/c1-18(2)15(25)23(11-4-3-10(8-20)13(19)7-11)17(28)24(18)12-5-6-14(21-9-12)22-16(26)27/h3-7,9H,1-2H3,(H,21,22)(H,26,27). The molecule has 2 amide bonds. The summed E-state index contributed by atoms with van der Waals surface area (Å²) < 4.78 is 0. The molecule has 1 fully saturated rings. The van der Waals surface area contributed by atoms with Crippen molar-refractivity contribution >= 4 is 58.1 Å². The monoisotopic (exact) mass is 415 g/mol. The van der Waals surface area contributed by atoms with Gasteiger partial charge in [-0.15, -0.1) is 0 Å². The van der Waals surface area contributed by atoms with Crippen LogP contribution < -0.4 is 15.1 Å². The molecule has 142 valence electrons. The van der Waals surface area contributed by atoms with Gasteiger partial charge in [0.1, 0.15) is 17.4 Å². The Morgan fingerprint density at radius 2 is 2.00 bits per heavy atom. The molecular formula is C18H14ClN5O3S. The fourth-order valence-corrected chi connectivity index (χ4v) is 3.63. The van der Waals surface area contributed by atoms with E-state index in [0.717, 1.165) is 0 Å². The molecule has 2 aromatic rings. The number of carbonyl (C=O) groups is 2. The van der Waals surface area contributed by atoms with E-state index >= 15 is 0 Å². The number of nitriles is 1. The maximum absolute atomic E-state index is 13.1. The largest absolute Gasteiger partial charge is 0.465 e. The lowest BCUT2D eigenvalue weighted by Crippen LogP contribution is -2.44. The molecule has 1 aromatic heterocycles. The van der Waals surface area contributed by atoms with Gasteiger partial charge in [-0.05, 0) is 56.4 Å². The summed E-state index contributed by atoms with van der Waals surface area (Å²) in [7, 11) is 0. The van der Waals surface area contributed by atoms with Gasteiger partial charge in [-0.1, -0.05) is 11.6 Å². The molecule has 1 aliphatic rings. The zero-order valence-corrected chi connectivity index (χ0v) is 16.4. The summed E-state index contributed by atoms with van der Waals surface area (Å²) >= 11 is 11.6. The minimum Gasteiger partial charge on any atom is -0.465 e. The predicted molar refractivity (Wildman–Crippen MR) is 109 cm³/mol. The Hall–Kier alpha value is -3.22. The van der Waals surface area contributed by atoms with Gasteiger partial charge in [0.2, 0.25) is 0 Å². The molecule has 1 aromatic carbocycles. The smallest absolute Gasteiger partial charge is 0.410 e. The van der Waals surface area contributed by atoms with Gasteiger partial charge in [0.15, 0.2) is 5.11 Å². The van der Waals surface area contributed by atoms with E-state index in [0.29, 0.717) is 16.9 Å². The van der Waals surface area contributed by atoms with Crippen molar-refractivity contribution in [3.63, 3.8) is 0 Å². The first-order chi connectivity index (χ1) is 13.2. The third-order valence-electron chi connectivity index (χ3n) is 4.24. The minimum absolute atomic E-state index is 0.154. The molecule has 0 spiro atoms. The SMILES string of the molecule is CC1(C)C(=O)N(c2ccc(C#N)c(Cl)c2)C(=S)N1c1ccc(NC(=O)O)nc1. The molecule has 2 heterocycles. The summed E-state index contributed by atoms with van der Waals surface area (Å²) in [5.74, 6) is -0.118. The van der Waals surface area contributed by atoms with E-state index in [1.165, 1.54) is 29.3 Å². The molecule has 0 saturated carbocycles. The van der Waals surface area contributed by atoms with E-state index in [4.69, 9.17) is 34.2 Å². The summed E-state index contributed by atoms with van der Waals surface area (Å²) in [4.78, 5) is 30.8. The van der Waals surface area contributed by atoms with E-state index in [-0.39, 0.29) is 21.9 Å². The highest BCUT2D eigenvalue weighted by Crippen LogP contribution is 2.37. The highest BCUT2D eigenvalue weighted by atomic mass is 35.5. The molecule has 0 bridgehead atoms. The Morgan fingerprint density at radius 1 is 1.32 bits per heavy atom. The molecule has 28 heavy (non-hydrogen) atoms. The number of pyridine rings is 1. The van der Waals surface area contributed by atoms with E-state index in [2.05, 4.69) is 10.3 Å². The number of carbonyl (C=O) groups excluding carboxylic acids is 1. The van der Waals surface area contributed by atoms with Gasteiger partial charge in [-0.25, -0.2) is 9.78 Å². The molecule has 0 radical (unpaired) electrons. The van der Waals surface area contributed by atoms with Crippen LogP contribution in [0.2, 0.25) is 5.02 Å². The third kappa shape index (κ3) is 3.24. The van der Waals surface area contributed by atoms with Crippen molar-refractivity contribution in [1.29, 1.82) is 5.26 Å². The maximum Gasteiger partial charge on any atom is 0.410 e. The third-order valence-corrected chi connectivity index (χ3v) is 4.92. The van der Waals surface area contributed by atoms with Crippen molar-refractivity contribution in [2.45, 2.75) is 19.4 Å². The Bertz CT molecular complexity index is 1030. The van der Waals surface area contributed by atoms with Crippen LogP contribution in [-0.4, -0.2) is 32.7 Å². The van der Waals surface area contributed by atoms with Crippen LogP contribution in [0.15, 0.2) is 36.5 Å². The number of amides is 2. The molecule has 2 N–H and O–H groups in total. The number of benzene rings is 1. The van der Waals surface area contributed by atoms with Gasteiger partial charge in [0.05, 0.1) is 28.2 Å². The highest BCUT2D eigenvalue weighted by Gasteiger charge is 2.50. The van der Waals surface area contributed by atoms with Gasteiger partial charge in [0.25, 0.3) is 5.91 Å². The van der Waals surface area contributed by atoms with Crippen LogP contribution in [0.4, 0.5) is 22.0 Å². The van der Waals surface area contributed by atoms with Gasteiger partial charge >= 0.3 is 6.09 Å². The van der Waals surface area contributed by atoms with Gasteiger partial charge in [0, 0.05) is 0 Å². The predicted octanol–water partition coefficient (Wildman–Crippen LogP) is 3.61. The number of hydrogen-bond acceptors (Lipinski definition) is 5. The number of nitrogens with zero attached hydrogens (tertiary/aromatic N) is 4. The van der Waals surface area contributed by atoms with Crippen molar-refractivity contribution in [2.24, 2.45) is 0 Å². The van der Waals surface area contributed by atoms with Crippen LogP contribution >= 0.6 is 23.8 Å². The Balaban J connectivity index is 1.99. The number of hydrogen-bond donors (Lipinski definition) is 2. The average molecular weight is 416 g/mol. The van der Waals surface area contributed by atoms with Crippen LogP contribution in [0, 0.1) is 11.3 Å². The summed E-state index contributed by atoms with van der Waals surface area (Å²) in [6.07, 6.45) is 0.207. The summed E-state index contributed by atoms with van der Waals surface area (Å²) in [5, 5.41) is 20.4. The van der Waals surface area contributed by atoms with E-state index in [9.17, 15) is 9.59 Å². The van der Waals surface area contributed by atoms with Crippen molar-refractivity contribution in [2.75, 3.05) is 15.1 Å². The molecule has 0 atom stereocenters. The number of anilines is 3. The minimum atomic E-state index is -1.23.